The van der Waals surface area contributed by atoms with E-state index in [0.717, 1.165) is 31.1 Å². The van der Waals surface area contributed by atoms with Crippen molar-refractivity contribution in [3.63, 3.8) is 0 Å². The molecule has 8 heteroatoms. The number of nitrogens with one attached hydrogen (secondary N) is 1. The number of fused-ring (bicyclic) bond motifs is 2. The molecule has 0 aliphatic carbocycles. The van der Waals surface area contributed by atoms with Crippen LogP contribution in [0.5, 0.6) is 11.5 Å². The molecule has 31 heavy (non-hydrogen) atoms. The van der Waals surface area contributed by atoms with Crippen molar-refractivity contribution in [2.24, 2.45) is 0 Å². The van der Waals surface area contributed by atoms with Gasteiger partial charge in [0.2, 0.25) is 12.7 Å². The maximum absolute atomic E-state index is 12.7. The van der Waals surface area contributed by atoms with Gasteiger partial charge in [0, 0.05) is 45.6 Å². The van der Waals surface area contributed by atoms with E-state index in [9.17, 15) is 9.59 Å². The molecule has 0 radical (unpaired) electrons. The number of carbonyl (C=O) groups excluding carboxylic acids is 1. The lowest BCUT2D eigenvalue weighted by molar-refractivity contribution is -0.133. The molecule has 0 bridgehead atoms. The van der Waals surface area contributed by atoms with Crippen molar-refractivity contribution in [2.75, 3.05) is 33.0 Å². The van der Waals surface area contributed by atoms with Gasteiger partial charge in [-0.25, -0.2) is 4.98 Å². The van der Waals surface area contributed by atoms with Crippen LogP contribution in [0.25, 0.3) is 10.9 Å². The zero-order chi connectivity index (χ0) is 21.2. The zero-order valence-electron chi connectivity index (χ0n) is 17.2. The second-order valence-corrected chi connectivity index (χ2v) is 7.87. The Morgan fingerprint density at radius 1 is 1.03 bits per heavy atom. The van der Waals surface area contributed by atoms with Gasteiger partial charge in [-0.3, -0.25) is 14.5 Å². The number of para-hydroxylation sites is 1. The largest absolute Gasteiger partial charge is 0.454 e. The van der Waals surface area contributed by atoms with E-state index in [1.165, 1.54) is 5.56 Å². The van der Waals surface area contributed by atoms with Gasteiger partial charge >= 0.3 is 0 Å². The summed E-state index contributed by atoms with van der Waals surface area (Å²) in [5, 5.41) is 0.566. The second kappa shape index (κ2) is 8.39. The van der Waals surface area contributed by atoms with E-state index < -0.39 is 0 Å². The van der Waals surface area contributed by atoms with Crippen LogP contribution < -0.4 is 15.0 Å². The smallest absolute Gasteiger partial charge is 0.258 e. The Morgan fingerprint density at radius 2 is 1.84 bits per heavy atom. The molecule has 1 aromatic heterocycles. The number of hydrogen-bond acceptors (Lipinski definition) is 6. The van der Waals surface area contributed by atoms with E-state index in [-0.39, 0.29) is 18.3 Å². The van der Waals surface area contributed by atoms with Gasteiger partial charge in [-0.1, -0.05) is 18.2 Å². The van der Waals surface area contributed by atoms with Crippen molar-refractivity contribution in [1.29, 1.82) is 0 Å². The summed E-state index contributed by atoms with van der Waals surface area (Å²) in [6, 6.07) is 13.3. The highest BCUT2D eigenvalue weighted by Gasteiger charge is 2.22. The summed E-state index contributed by atoms with van der Waals surface area (Å²) in [6.45, 7) is 4.15. The van der Waals surface area contributed by atoms with Crippen LogP contribution in [0.2, 0.25) is 0 Å². The van der Waals surface area contributed by atoms with Crippen LogP contribution in [0.4, 0.5) is 0 Å². The summed E-state index contributed by atoms with van der Waals surface area (Å²) in [5.74, 6) is 2.24. The van der Waals surface area contributed by atoms with E-state index >= 15 is 0 Å². The Hall–Kier alpha value is -3.39. The van der Waals surface area contributed by atoms with Gasteiger partial charge < -0.3 is 19.4 Å². The van der Waals surface area contributed by atoms with Crippen molar-refractivity contribution in [3.05, 3.63) is 64.2 Å². The maximum Gasteiger partial charge on any atom is 0.258 e. The van der Waals surface area contributed by atoms with E-state index in [0.29, 0.717) is 42.7 Å². The highest BCUT2D eigenvalue weighted by molar-refractivity contribution is 5.78. The Bertz CT molecular complexity index is 1170. The Balaban J connectivity index is 1.13. The third kappa shape index (κ3) is 4.25. The number of rotatable bonds is 5. The molecule has 2 aliphatic heterocycles. The van der Waals surface area contributed by atoms with Gasteiger partial charge in [-0.05, 0) is 29.8 Å². The van der Waals surface area contributed by atoms with Gasteiger partial charge in [0.1, 0.15) is 5.82 Å². The van der Waals surface area contributed by atoms with Gasteiger partial charge in [-0.15, -0.1) is 0 Å². The Labute approximate surface area is 179 Å². The number of piperazine rings is 1. The minimum absolute atomic E-state index is 0.0959. The maximum atomic E-state index is 12.7. The molecule has 0 spiro atoms. The molecule has 160 valence electrons. The average Bonchev–Trinajstić information content (AvgIpc) is 3.26. The summed E-state index contributed by atoms with van der Waals surface area (Å²) in [6.07, 6.45) is 0.764. The van der Waals surface area contributed by atoms with Crippen molar-refractivity contribution in [2.45, 2.75) is 19.4 Å². The van der Waals surface area contributed by atoms with E-state index in [2.05, 4.69) is 20.9 Å². The lowest BCUT2D eigenvalue weighted by Crippen LogP contribution is -2.48. The number of nitrogens with zero attached hydrogens (tertiary/aromatic N) is 3. The van der Waals surface area contributed by atoms with Crippen molar-refractivity contribution >= 4 is 16.8 Å². The quantitative estimate of drug-likeness (QED) is 0.679. The predicted molar refractivity (Wildman–Crippen MR) is 115 cm³/mol. The molecule has 2 aromatic carbocycles. The molecule has 1 N–H and O–H groups in total. The van der Waals surface area contributed by atoms with E-state index in [1.807, 2.05) is 35.2 Å². The first-order valence-electron chi connectivity index (χ1n) is 10.5. The molecule has 2 aliphatic rings. The van der Waals surface area contributed by atoms with Crippen molar-refractivity contribution in [1.82, 2.24) is 19.8 Å². The fourth-order valence-corrected chi connectivity index (χ4v) is 4.09. The topological polar surface area (TPSA) is 87.8 Å². The highest BCUT2D eigenvalue weighted by atomic mass is 16.7. The Morgan fingerprint density at radius 3 is 2.71 bits per heavy atom. The van der Waals surface area contributed by atoms with E-state index in [1.54, 1.807) is 6.07 Å². The number of aryl methyl sites for hydroxylation is 1. The predicted octanol–water partition coefficient (Wildman–Crippen LogP) is 1.93. The Kier molecular flexibility index (Phi) is 5.30. The van der Waals surface area contributed by atoms with Gasteiger partial charge in [0.05, 0.1) is 10.9 Å². The molecule has 0 atom stereocenters. The van der Waals surface area contributed by atoms with Gasteiger partial charge in [0.15, 0.2) is 11.5 Å². The minimum atomic E-state index is -0.162. The number of aromatic amines is 1. The molecule has 3 aromatic rings. The highest BCUT2D eigenvalue weighted by Crippen LogP contribution is 2.32. The second-order valence-electron chi connectivity index (χ2n) is 7.87. The van der Waals surface area contributed by atoms with Crippen LogP contribution in [0.15, 0.2) is 47.3 Å². The first-order valence-corrected chi connectivity index (χ1v) is 10.5. The number of ether oxygens (including phenoxy) is 2. The molecule has 1 fully saturated rings. The fraction of sp³-hybridized carbons (Fsp3) is 0.348. The molecule has 0 saturated carbocycles. The first-order chi connectivity index (χ1) is 15.2. The normalized spacial score (nSPS) is 16.1. The van der Waals surface area contributed by atoms with Crippen molar-refractivity contribution in [3.8, 4) is 11.5 Å². The van der Waals surface area contributed by atoms with Gasteiger partial charge in [-0.2, -0.15) is 0 Å². The third-order valence-corrected chi connectivity index (χ3v) is 5.81. The molecule has 0 unspecified atom stereocenters. The molecular weight excluding hydrogens is 396 g/mol. The number of H-pyrrole nitrogens is 1. The fourth-order valence-electron chi connectivity index (χ4n) is 4.09. The molecular formula is C23H24N4O4. The SMILES string of the molecule is O=C(CCc1nc2ccccc2c(=O)[nH]1)N1CCN(Cc2ccc3c(c2)OCO3)CC1. The zero-order valence-corrected chi connectivity index (χ0v) is 17.2. The van der Waals surface area contributed by atoms with Crippen LogP contribution in [-0.4, -0.2) is 58.6 Å². The summed E-state index contributed by atoms with van der Waals surface area (Å²) < 4.78 is 10.8. The number of hydrogen-bond donors (Lipinski definition) is 1. The molecule has 5 rings (SSSR count). The van der Waals surface area contributed by atoms with Crippen molar-refractivity contribution < 1.29 is 14.3 Å². The standard InChI is InChI=1S/C23H24N4O4/c28-22(8-7-21-24-18-4-2-1-3-17(18)23(29)25-21)27-11-9-26(10-12-27)14-16-5-6-19-20(13-16)31-15-30-19/h1-6,13H,7-12,14-15H2,(H,24,25,29). The summed E-state index contributed by atoms with van der Waals surface area (Å²) >= 11 is 0. The molecule has 8 nitrogen and oxygen atoms in total. The van der Waals surface area contributed by atoms with Crippen LogP contribution >= 0.6 is 0 Å². The van der Waals surface area contributed by atoms with Crippen LogP contribution in [0.1, 0.15) is 17.8 Å². The number of aromatic nitrogens is 2. The molecule has 3 heterocycles. The van der Waals surface area contributed by atoms with Crippen LogP contribution in [-0.2, 0) is 17.8 Å². The van der Waals surface area contributed by atoms with Crippen LogP contribution in [0, 0.1) is 0 Å². The average molecular weight is 420 g/mol. The minimum Gasteiger partial charge on any atom is -0.454 e. The summed E-state index contributed by atoms with van der Waals surface area (Å²) in [4.78, 5) is 36.4. The number of benzene rings is 2. The van der Waals surface area contributed by atoms with E-state index in [4.69, 9.17) is 9.47 Å². The summed E-state index contributed by atoms with van der Waals surface area (Å²) in [5.41, 5.74) is 1.67. The first kappa shape index (κ1) is 19.6. The van der Waals surface area contributed by atoms with Gasteiger partial charge in [0.25, 0.3) is 5.56 Å². The monoisotopic (exact) mass is 420 g/mol. The number of amides is 1. The third-order valence-electron chi connectivity index (χ3n) is 5.81. The number of carbonyl (C=O) groups is 1. The summed E-state index contributed by atoms with van der Waals surface area (Å²) in [7, 11) is 0. The van der Waals surface area contributed by atoms with Crippen LogP contribution in [0.3, 0.4) is 0 Å². The lowest BCUT2D eigenvalue weighted by Gasteiger charge is -2.34. The molecule has 1 saturated heterocycles. The lowest BCUT2D eigenvalue weighted by atomic mass is 10.1. The molecule has 1 amide bonds.